The highest BCUT2D eigenvalue weighted by atomic mass is 19.1. The average Bonchev–Trinajstić information content (AvgIpc) is 2.42. The molecule has 10 heavy (non-hydrogen) atoms. The maximum absolute atomic E-state index is 12.2. The van der Waals surface area contributed by atoms with E-state index in [0.29, 0.717) is 0 Å². The second-order valence-corrected chi connectivity index (χ2v) is 2.25. The van der Waals surface area contributed by atoms with Gasteiger partial charge in [0, 0.05) is 6.42 Å². The van der Waals surface area contributed by atoms with E-state index in [4.69, 9.17) is 10.2 Å². The molecule has 56 valence electrons. The minimum Gasteiger partial charge on any atom is -0.480 e. The maximum Gasteiger partial charge on any atom is 0.324 e. The predicted octanol–water partition coefficient (Wildman–Crippen LogP) is -0.116. The summed E-state index contributed by atoms with van der Waals surface area (Å²) in [5.41, 5.74) is -2.13. The number of carboxylic acid groups (broad SMARTS) is 2. The lowest BCUT2D eigenvalue weighted by Gasteiger charge is -1.99. The molecule has 0 heterocycles. The fraction of sp³-hybridized carbons (Fsp3) is 0.600. The van der Waals surface area contributed by atoms with E-state index in [1.807, 2.05) is 0 Å². The van der Waals surface area contributed by atoms with Crippen LogP contribution in [0.3, 0.4) is 0 Å². The molecule has 0 saturated heterocycles. The Kier molecular flexibility index (Phi) is 1.17. The van der Waals surface area contributed by atoms with Crippen molar-refractivity contribution in [1.29, 1.82) is 0 Å². The van der Waals surface area contributed by atoms with Gasteiger partial charge in [-0.05, 0) is 0 Å². The van der Waals surface area contributed by atoms with Gasteiger partial charge in [-0.1, -0.05) is 0 Å². The largest absolute Gasteiger partial charge is 0.480 e. The van der Waals surface area contributed by atoms with Crippen LogP contribution >= 0.6 is 0 Å². The van der Waals surface area contributed by atoms with Crippen LogP contribution in [-0.4, -0.2) is 28.3 Å². The van der Waals surface area contributed by atoms with E-state index in [1.54, 1.807) is 0 Å². The Hall–Kier alpha value is -1.13. The van der Waals surface area contributed by atoms with Crippen molar-refractivity contribution in [2.75, 3.05) is 0 Å². The second kappa shape index (κ2) is 1.68. The molecule has 1 aliphatic carbocycles. The van der Waals surface area contributed by atoms with E-state index in [2.05, 4.69) is 0 Å². The van der Waals surface area contributed by atoms with Crippen molar-refractivity contribution in [2.24, 2.45) is 5.41 Å². The van der Waals surface area contributed by atoms with E-state index in [0.717, 1.165) is 0 Å². The van der Waals surface area contributed by atoms with Gasteiger partial charge in [0.1, 0.15) is 6.17 Å². The van der Waals surface area contributed by atoms with Crippen LogP contribution in [0.15, 0.2) is 0 Å². The Morgan fingerprint density at radius 1 is 1.40 bits per heavy atom. The monoisotopic (exact) mass is 148 g/mol. The molecule has 0 aromatic rings. The zero-order valence-electron chi connectivity index (χ0n) is 4.87. The van der Waals surface area contributed by atoms with Crippen LogP contribution in [0.25, 0.3) is 0 Å². The molecule has 0 radical (unpaired) electrons. The number of carboxylic acids is 2. The van der Waals surface area contributed by atoms with Gasteiger partial charge in [0.25, 0.3) is 0 Å². The maximum atomic E-state index is 12.2. The summed E-state index contributed by atoms with van der Waals surface area (Å²) >= 11 is 0. The molecule has 1 fully saturated rings. The molecule has 0 amide bonds. The summed E-state index contributed by atoms with van der Waals surface area (Å²) in [6.07, 6.45) is -2.13. The highest BCUT2D eigenvalue weighted by Crippen LogP contribution is 2.49. The van der Waals surface area contributed by atoms with E-state index in [-0.39, 0.29) is 0 Å². The zero-order chi connectivity index (χ0) is 7.94. The molecule has 5 heteroatoms. The normalized spacial score (nSPS) is 27.5. The minimum absolute atomic E-state index is 0.405. The lowest BCUT2D eigenvalue weighted by Crippen LogP contribution is -2.27. The molecule has 2 N–H and O–H groups in total. The highest BCUT2D eigenvalue weighted by molar-refractivity contribution is 6.02. The lowest BCUT2D eigenvalue weighted by atomic mass is 10.1. The second-order valence-electron chi connectivity index (χ2n) is 2.25. The molecular formula is C5H5FO4. The third-order valence-corrected chi connectivity index (χ3v) is 1.64. The van der Waals surface area contributed by atoms with Crippen molar-refractivity contribution < 1.29 is 24.2 Å². The van der Waals surface area contributed by atoms with E-state index < -0.39 is 29.9 Å². The molecule has 0 aliphatic heterocycles. The molecule has 0 bridgehead atoms. The molecule has 4 nitrogen and oxygen atoms in total. The van der Waals surface area contributed by atoms with Crippen LogP contribution in [0.4, 0.5) is 4.39 Å². The van der Waals surface area contributed by atoms with Gasteiger partial charge >= 0.3 is 11.9 Å². The van der Waals surface area contributed by atoms with Crippen LogP contribution in [0, 0.1) is 5.41 Å². The van der Waals surface area contributed by atoms with Crippen molar-refractivity contribution in [2.45, 2.75) is 12.6 Å². The molecule has 0 aromatic heterocycles. The SMILES string of the molecule is O=C(O)C1(C(=O)O)C[C@@H]1F. The quantitative estimate of drug-likeness (QED) is 0.535. The summed E-state index contributed by atoms with van der Waals surface area (Å²) in [6.45, 7) is 0. The Morgan fingerprint density at radius 3 is 1.70 bits per heavy atom. The number of rotatable bonds is 2. The van der Waals surface area contributed by atoms with Crippen LogP contribution < -0.4 is 0 Å². The highest BCUT2D eigenvalue weighted by Gasteiger charge is 2.68. The predicted molar refractivity (Wildman–Crippen MR) is 27.2 cm³/mol. The molecular weight excluding hydrogens is 143 g/mol. The van der Waals surface area contributed by atoms with Gasteiger partial charge in [0.15, 0.2) is 5.41 Å². The first kappa shape index (κ1) is 6.98. The first-order valence-electron chi connectivity index (χ1n) is 2.62. The van der Waals surface area contributed by atoms with Crippen molar-refractivity contribution in [3.63, 3.8) is 0 Å². The topological polar surface area (TPSA) is 74.6 Å². The van der Waals surface area contributed by atoms with Gasteiger partial charge in [0.2, 0.25) is 0 Å². The standard InChI is InChI=1S/C5H5FO4/c6-2-1-5(2,3(7)8)4(9)10/h2H,1H2,(H,7,8)(H,9,10)/t2-/m0/s1. The van der Waals surface area contributed by atoms with Crippen LogP contribution in [0.2, 0.25) is 0 Å². The Bertz CT molecular complexity index is 186. The van der Waals surface area contributed by atoms with Gasteiger partial charge < -0.3 is 10.2 Å². The van der Waals surface area contributed by atoms with Gasteiger partial charge in [-0.25, -0.2) is 4.39 Å². The smallest absolute Gasteiger partial charge is 0.324 e. The molecule has 0 spiro atoms. The number of carbonyl (C=O) groups is 2. The van der Waals surface area contributed by atoms with Gasteiger partial charge in [-0.2, -0.15) is 0 Å². The zero-order valence-corrected chi connectivity index (χ0v) is 4.87. The number of aliphatic carboxylic acids is 2. The molecule has 1 aliphatic rings. The van der Waals surface area contributed by atoms with Crippen LogP contribution in [0.5, 0.6) is 0 Å². The van der Waals surface area contributed by atoms with Crippen molar-refractivity contribution in [1.82, 2.24) is 0 Å². The van der Waals surface area contributed by atoms with Gasteiger partial charge in [-0.15, -0.1) is 0 Å². The van der Waals surface area contributed by atoms with E-state index in [9.17, 15) is 14.0 Å². The lowest BCUT2D eigenvalue weighted by molar-refractivity contribution is -0.157. The van der Waals surface area contributed by atoms with Gasteiger partial charge in [-0.3, -0.25) is 9.59 Å². The summed E-state index contributed by atoms with van der Waals surface area (Å²) in [7, 11) is 0. The fourth-order valence-electron chi connectivity index (χ4n) is 0.758. The number of hydrogen-bond acceptors (Lipinski definition) is 2. The molecule has 0 unspecified atom stereocenters. The molecule has 1 saturated carbocycles. The molecule has 1 rings (SSSR count). The van der Waals surface area contributed by atoms with E-state index >= 15 is 0 Å². The van der Waals surface area contributed by atoms with Crippen molar-refractivity contribution >= 4 is 11.9 Å². The Balaban J connectivity index is 2.83. The summed E-state index contributed by atoms with van der Waals surface area (Å²) in [5.74, 6) is -3.18. The van der Waals surface area contributed by atoms with Crippen molar-refractivity contribution in [3.8, 4) is 0 Å². The summed E-state index contributed by atoms with van der Waals surface area (Å²) in [4.78, 5) is 20.2. The first-order chi connectivity index (χ1) is 4.51. The van der Waals surface area contributed by atoms with Crippen LogP contribution in [0.1, 0.15) is 6.42 Å². The minimum atomic E-state index is -2.13. The third-order valence-electron chi connectivity index (χ3n) is 1.64. The van der Waals surface area contributed by atoms with Gasteiger partial charge in [0.05, 0.1) is 0 Å². The summed E-state index contributed by atoms with van der Waals surface area (Å²) < 4.78 is 12.2. The first-order valence-corrected chi connectivity index (χ1v) is 2.62. The van der Waals surface area contributed by atoms with Crippen LogP contribution in [-0.2, 0) is 9.59 Å². The summed E-state index contributed by atoms with van der Waals surface area (Å²) in [6, 6.07) is 0. The number of halogens is 1. The number of alkyl halides is 1. The number of hydrogen-bond donors (Lipinski definition) is 2. The van der Waals surface area contributed by atoms with Crippen molar-refractivity contribution in [3.05, 3.63) is 0 Å². The Morgan fingerprint density at radius 2 is 1.70 bits per heavy atom. The summed E-state index contributed by atoms with van der Waals surface area (Å²) in [5, 5.41) is 16.4. The Labute approximate surface area is 55.3 Å². The molecule has 0 aromatic carbocycles. The molecule has 1 atom stereocenters. The third kappa shape index (κ3) is 0.600. The average molecular weight is 148 g/mol. The fourth-order valence-corrected chi connectivity index (χ4v) is 0.758. The van der Waals surface area contributed by atoms with E-state index in [1.165, 1.54) is 0 Å².